The largest absolute Gasteiger partial charge is 0.481 e. The Bertz CT molecular complexity index is 512. The molecule has 2 aliphatic carbocycles. The first-order valence-electron chi connectivity index (χ1n) is 10.7. The maximum absolute atomic E-state index is 11.0. The molecule has 26 heavy (non-hydrogen) atoms. The lowest BCUT2D eigenvalue weighted by Crippen LogP contribution is -2.27. The van der Waals surface area contributed by atoms with Crippen molar-refractivity contribution in [2.75, 3.05) is 0 Å². The summed E-state index contributed by atoms with van der Waals surface area (Å²) in [4.78, 5) is 11.0. The van der Waals surface area contributed by atoms with Crippen molar-refractivity contribution in [2.24, 2.45) is 11.3 Å². The zero-order chi connectivity index (χ0) is 20.3. The Morgan fingerprint density at radius 1 is 1.08 bits per heavy atom. The van der Waals surface area contributed by atoms with Gasteiger partial charge in [0.1, 0.15) is 0 Å². The summed E-state index contributed by atoms with van der Waals surface area (Å²) in [7, 11) is 0. The molecule has 4 nitrogen and oxygen atoms in total. The van der Waals surface area contributed by atoms with Gasteiger partial charge in [-0.05, 0) is 55.9 Å². The van der Waals surface area contributed by atoms with E-state index < -0.39 is 5.97 Å². The summed E-state index contributed by atoms with van der Waals surface area (Å²) in [5.74, 6) is -0.774. The van der Waals surface area contributed by atoms with Crippen LogP contribution >= 0.6 is 0 Å². The maximum Gasteiger partial charge on any atom is 0.306 e. The van der Waals surface area contributed by atoms with Crippen molar-refractivity contribution in [1.29, 1.82) is 0 Å². The SMILES string of the molecule is CC.CC.CC.CC1(C)CCc2c(cnn2C2CCC(C(=O)O)CC2)C1. The van der Waals surface area contributed by atoms with Gasteiger partial charge in [0.2, 0.25) is 0 Å². The first-order chi connectivity index (χ1) is 12.5. The van der Waals surface area contributed by atoms with E-state index in [1.807, 2.05) is 47.7 Å². The molecule has 152 valence electrons. The molecule has 0 bridgehead atoms. The van der Waals surface area contributed by atoms with Crippen LogP contribution in [0.2, 0.25) is 0 Å². The molecule has 0 spiro atoms. The summed E-state index contributed by atoms with van der Waals surface area (Å²) >= 11 is 0. The molecule has 0 unspecified atom stereocenters. The molecule has 1 saturated carbocycles. The molecular weight excluding hydrogens is 324 g/mol. The van der Waals surface area contributed by atoms with Crippen molar-refractivity contribution < 1.29 is 9.90 Å². The maximum atomic E-state index is 11.0. The first kappa shape index (κ1) is 24.7. The van der Waals surface area contributed by atoms with Crippen LogP contribution in [-0.2, 0) is 17.6 Å². The van der Waals surface area contributed by atoms with Gasteiger partial charge in [-0.1, -0.05) is 55.4 Å². The number of carboxylic acid groups (broad SMARTS) is 1. The normalized spacial score (nSPS) is 22.9. The molecule has 0 aliphatic heterocycles. The van der Waals surface area contributed by atoms with Gasteiger partial charge in [0.25, 0.3) is 0 Å². The summed E-state index contributed by atoms with van der Waals surface area (Å²) in [6.45, 7) is 16.6. The molecule has 1 aromatic rings. The smallest absolute Gasteiger partial charge is 0.306 e. The molecule has 1 N–H and O–H groups in total. The van der Waals surface area contributed by atoms with Crippen LogP contribution in [0.3, 0.4) is 0 Å². The van der Waals surface area contributed by atoms with E-state index in [1.54, 1.807) is 0 Å². The predicted octanol–water partition coefficient (Wildman–Crippen LogP) is 6.29. The minimum absolute atomic E-state index is 0.142. The second kappa shape index (κ2) is 12.1. The van der Waals surface area contributed by atoms with Crippen LogP contribution in [0.4, 0.5) is 0 Å². The summed E-state index contributed by atoms with van der Waals surface area (Å²) in [5.41, 5.74) is 3.20. The van der Waals surface area contributed by atoms with Gasteiger partial charge in [-0.3, -0.25) is 9.48 Å². The Balaban J connectivity index is 0.000000948. The molecule has 0 radical (unpaired) electrons. The molecule has 0 aromatic carbocycles. The van der Waals surface area contributed by atoms with Crippen LogP contribution < -0.4 is 0 Å². The monoisotopic (exact) mass is 366 g/mol. The number of carbonyl (C=O) groups is 1. The fourth-order valence-corrected chi connectivity index (χ4v) is 3.79. The van der Waals surface area contributed by atoms with Crippen molar-refractivity contribution in [3.8, 4) is 0 Å². The van der Waals surface area contributed by atoms with Gasteiger partial charge < -0.3 is 5.11 Å². The average Bonchev–Trinajstić information content (AvgIpc) is 3.08. The molecule has 0 atom stereocenters. The van der Waals surface area contributed by atoms with Crippen LogP contribution in [0.1, 0.15) is 105 Å². The lowest BCUT2D eigenvalue weighted by Gasteiger charge is -2.32. The third-order valence-corrected chi connectivity index (χ3v) is 5.08. The summed E-state index contributed by atoms with van der Waals surface area (Å²) in [6.07, 6.45) is 8.98. The van der Waals surface area contributed by atoms with Crippen LogP contribution in [0, 0.1) is 11.3 Å². The number of carboxylic acids is 1. The first-order valence-corrected chi connectivity index (χ1v) is 10.7. The predicted molar refractivity (Wildman–Crippen MR) is 111 cm³/mol. The fraction of sp³-hybridized carbons (Fsp3) is 0.818. The van der Waals surface area contributed by atoms with E-state index >= 15 is 0 Å². The van der Waals surface area contributed by atoms with E-state index in [2.05, 4.69) is 23.6 Å². The minimum Gasteiger partial charge on any atom is -0.481 e. The molecule has 2 aliphatic rings. The van der Waals surface area contributed by atoms with Crippen molar-refractivity contribution >= 4 is 5.97 Å². The quantitative estimate of drug-likeness (QED) is 0.669. The lowest BCUT2D eigenvalue weighted by molar-refractivity contribution is -0.143. The highest BCUT2D eigenvalue weighted by Gasteiger charge is 2.32. The van der Waals surface area contributed by atoms with Crippen molar-refractivity contribution in [2.45, 2.75) is 106 Å². The highest BCUT2D eigenvalue weighted by Crippen LogP contribution is 2.38. The summed E-state index contributed by atoms with van der Waals surface area (Å²) < 4.78 is 2.21. The van der Waals surface area contributed by atoms with Gasteiger partial charge in [0, 0.05) is 5.69 Å². The van der Waals surface area contributed by atoms with Gasteiger partial charge in [-0.15, -0.1) is 0 Å². The topological polar surface area (TPSA) is 55.1 Å². The van der Waals surface area contributed by atoms with Crippen molar-refractivity contribution in [3.63, 3.8) is 0 Å². The Hall–Kier alpha value is -1.32. The zero-order valence-corrected chi connectivity index (χ0v) is 18.4. The molecule has 4 heteroatoms. The highest BCUT2D eigenvalue weighted by molar-refractivity contribution is 5.70. The third-order valence-electron chi connectivity index (χ3n) is 5.08. The fourth-order valence-electron chi connectivity index (χ4n) is 3.79. The van der Waals surface area contributed by atoms with E-state index in [9.17, 15) is 4.79 Å². The Morgan fingerprint density at radius 2 is 1.62 bits per heavy atom. The van der Waals surface area contributed by atoms with E-state index in [-0.39, 0.29) is 5.92 Å². The second-order valence-corrected chi connectivity index (χ2v) is 7.25. The van der Waals surface area contributed by atoms with Gasteiger partial charge in [-0.2, -0.15) is 5.10 Å². The van der Waals surface area contributed by atoms with Gasteiger partial charge in [0.15, 0.2) is 0 Å². The second-order valence-electron chi connectivity index (χ2n) is 7.25. The van der Waals surface area contributed by atoms with Crippen LogP contribution in [-0.4, -0.2) is 20.9 Å². The zero-order valence-electron chi connectivity index (χ0n) is 18.4. The number of rotatable bonds is 2. The van der Waals surface area contributed by atoms with E-state index in [0.29, 0.717) is 11.5 Å². The Kier molecular flexibility index (Phi) is 11.5. The van der Waals surface area contributed by atoms with E-state index in [4.69, 9.17) is 5.11 Å². The molecule has 0 saturated heterocycles. The van der Waals surface area contributed by atoms with Crippen LogP contribution in [0.5, 0.6) is 0 Å². The van der Waals surface area contributed by atoms with Gasteiger partial charge >= 0.3 is 5.97 Å². The Labute approximate surface area is 161 Å². The lowest BCUT2D eigenvalue weighted by atomic mass is 9.76. The van der Waals surface area contributed by atoms with Gasteiger partial charge in [0.05, 0.1) is 18.2 Å². The van der Waals surface area contributed by atoms with E-state index in [1.165, 1.54) is 17.7 Å². The minimum atomic E-state index is -0.632. The Morgan fingerprint density at radius 3 is 2.12 bits per heavy atom. The molecule has 1 aromatic heterocycles. The average molecular weight is 367 g/mol. The summed E-state index contributed by atoms with van der Waals surface area (Å²) in [5, 5.41) is 13.7. The standard InChI is InChI=1S/C16H24N2O2.3C2H6/c1-16(2)8-7-14-12(9-16)10-17-18(14)13-5-3-11(4-6-13)15(19)20;3*1-2/h10-11,13H,3-9H2,1-2H3,(H,19,20);3*1-2H3. The molecule has 1 fully saturated rings. The molecular formula is C22H42N2O2. The van der Waals surface area contributed by atoms with Crippen LogP contribution in [0.15, 0.2) is 6.20 Å². The van der Waals surface area contributed by atoms with Crippen LogP contribution in [0.25, 0.3) is 0 Å². The van der Waals surface area contributed by atoms with Gasteiger partial charge in [-0.25, -0.2) is 0 Å². The molecule has 1 heterocycles. The highest BCUT2D eigenvalue weighted by atomic mass is 16.4. The molecule has 3 rings (SSSR count). The summed E-state index contributed by atoms with van der Waals surface area (Å²) in [6, 6.07) is 0.413. The third kappa shape index (κ3) is 6.44. The van der Waals surface area contributed by atoms with E-state index in [0.717, 1.165) is 38.5 Å². The number of fused-ring (bicyclic) bond motifs is 1. The van der Waals surface area contributed by atoms with Crippen molar-refractivity contribution in [3.05, 3.63) is 17.5 Å². The number of hydrogen-bond donors (Lipinski definition) is 1. The molecule has 0 amide bonds. The number of aliphatic carboxylic acids is 1. The number of aromatic nitrogens is 2. The van der Waals surface area contributed by atoms with Crippen molar-refractivity contribution in [1.82, 2.24) is 9.78 Å². The number of nitrogens with zero attached hydrogens (tertiary/aromatic N) is 2. The number of hydrogen-bond acceptors (Lipinski definition) is 2.